The lowest BCUT2D eigenvalue weighted by molar-refractivity contribution is -0.149. The maximum absolute atomic E-state index is 13.7. The van der Waals surface area contributed by atoms with Crippen molar-refractivity contribution in [2.24, 2.45) is 5.73 Å². The van der Waals surface area contributed by atoms with Crippen molar-refractivity contribution in [1.29, 1.82) is 0 Å². The number of halogens is 6. The van der Waals surface area contributed by atoms with E-state index in [4.69, 9.17) is 5.73 Å². The minimum atomic E-state index is -4.66. The average Bonchev–Trinajstić information content (AvgIpc) is 3.04. The normalized spacial score (nSPS) is 17.9. The first-order valence-electron chi connectivity index (χ1n) is 8.65. The molecule has 0 saturated carbocycles. The summed E-state index contributed by atoms with van der Waals surface area (Å²) in [4.78, 5) is 13.8. The Hall–Kier alpha value is -2.63. The van der Waals surface area contributed by atoms with Crippen molar-refractivity contribution in [3.63, 3.8) is 0 Å². The first-order chi connectivity index (χ1) is 13.5. The molecule has 1 amide bonds. The van der Waals surface area contributed by atoms with Gasteiger partial charge in [0, 0.05) is 25.1 Å². The number of nitrogens with two attached hydrogens (primary N) is 1. The SMILES string of the molecule is CC1CN(C(=O)CC(N)Cc2cc(F)c(F)cc2F)Cc2nnc(C(F)(F)F)n21. The summed E-state index contributed by atoms with van der Waals surface area (Å²) in [5.41, 5.74) is 5.67. The molecule has 0 aliphatic carbocycles. The number of benzene rings is 1. The summed E-state index contributed by atoms with van der Waals surface area (Å²) in [6.07, 6.45) is -5.14. The van der Waals surface area contributed by atoms with Gasteiger partial charge in [-0.15, -0.1) is 10.2 Å². The van der Waals surface area contributed by atoms with Crippen LogP contribution in [0.4, 0.5) is 26.3 Å². The van der Waals surface area contributed by atoms with Crippen LogP contribution in [-0.2, 0) is 23.9 Å². The molecule has 158 valence electrons. The number of carbonyl (C=O) groups is 1. The topological polar surface area (TPSA) is 77.0 Å². The van der Waals surface area contributed by atoms with Crippen LogP contribution >= 0.6 is 0 Å². The van der Waals surface area contributed by atoms with Crippen LogP contribution in [0.15, 0.2) is 12.1 Å². The minimum Gasteiger partial charge on any atom is -0.333 e. The molecule has 29 heavy (non-hydrogen) atoms. The minimum absolute atomic E-state index is 0.00959. The van der Waals surface area contributed by atoms with Crippen molar-refractivity contribution in [2.45, 2.75) is 44.6 Å². The Morgan fingerprint density at radius 1 is 1.21 bits per heavy atom. The fourth-order valence-corrected chi connectivity index (χ4v) is 3.34. The van der Waals surface area contributed by atoms with Gasteiger partial charge in [0.05, 0.1) is 12.6 Å². The number of hydrogen-bond acceptors (Lipinski definition) is 4. The third-order valence-corrected chi connectivity index (χ3v) is 4.64. The van der Waals surface area contributed by atoms with Gasteiger partial charge in [0.2, 0.25) is 11.7 Å². The van der Waals surface area contributed by atoms with Gasteiger partial charge in [-0.3, -0.25) is 4.79 Å². The van der Waals surface area contributed by atoms with E-state index >= 15 is 0 Å². The van der Waals surface area contributed by atoms with Crippen LogP contribution in [0.1, 0.15) is 36.6 Å². The quantitative estimate of drug-likeness (QED) is 0.608. The summed E-state index contributed by atoms with van der Waals surface area (Å²) in [6.45, 7) is 1.30. The average molecular weight is 421 g/mol. The Balaban J connectivity index is 1.67. The highest BCUT2D eigenvalue weighted by Crippen LogP contribution is 2.32. The molecule has 2 atom stereocenters. The van der Waals surface area contributed by atoms with E-state index < -0.39 is 47.4 Å². The van der Waals surface area contributed by atoms with Crippen molar-refractivity contribution in [1.82, 2.24) is 19.7 Å². The molecule has 1 aliphatic rings. The van der Waals surface area contributed by atoms with Crippen molar-refractivity contribution in [3.8, 4) is 0 Å². The lowest BCUT2D eigenvalue weighted by atomic mass is 10.0. The van der Waals surface area contributed by atoms with Crippen LogP contribution in [0.5, 0.6) is 0 Å². The van der Waals surface area contributed by atoms with E-state index in [-0.39, 0.29) is 37.3 Å². The Kier molecular flexibility index (Phi) is 5.57. The van der Waals surface area contributed by atoms with Gasteiger partial charge >= 0.3 is 6.18 Å². The number of fused-ring (bicyclic) bond motifs is 1. The van der Waals surface area contributed by atoms with Gasteiger partial charge in [0.25, 0.3) is 0 Å². The second-order valence-electron chi connectivity index (χ2n) is 6.96. The molecule has 1 aromatic carbocycles. The fraction of sp³-hybridized carbons (Fsp3) is 0.471. The van der Waals surface area contributed by atoms with Crippen LogP contribution in [-0.4, -0.2) is 38.2 Å². The van der Waals surface area contributed by atoms with E-state index in [1.165, 1.54) is 11.8 Å². The molecular formula is C17H17F6N5O. The molecule has 0 bridgehead atoms. The van der Waals surface area contributed by atoms with Gasteiger partial charge in [-0.25, -0.2) is 13.2 Å². The van der Waals surface area contributed by atoms with E-state index in [1.54, 1.807) is 0 Å². The second-order valence-corrected chi connectivity index (χ2v) is 6.96. The zero-order valence-electron chi connectivity index (χ0n) is 15.2. The van der Waals surface area contributed by atoms with Crippen LogP contribution in [0.3, 0.4) is 0 Å². The van der Waals surface area contributed by atoms with E-state index in [0.29, 0.717) is 12.1 Å². The molecule has 0 fully saturated rings. The predicted molar refractivity (Wildman–Crippen MR) is 87.8 cm³/mol. The largest absolute Gasteiger partial charge is 0.451 e. The fourth-order valence-electron chi connectivity index (χ4n) is 3.34. The molecule has 3 rings (SSSR count). The zero-order valence-corrected chi connectivity index (χ0v) is 15.2. The number of carbonyl (C=O) groups excluding carboxylic acids is 1. The van der Waals surface area contributed by atoms with E-state index in [9.17, 15) is 31.1 Å². The van der Waals surface area contributed by atoms with Crippen molar-refractivity contribution >= 4 is 5.91 Å². The Morgan fingerprint density at radius 2 is 1.86 bits per heavy atom. The van der Waals surface area contributed by atoms with Gasteiger partial charge in [-0.05, 0) is 25.0 Å². The van der Waals surface area contributed by atoms with Gasteiger partial charge in [0.1, 0.15) is 5.82 Å². The van der Waals surface area contributed by atoms with Crippen molar-refractivity contribution < 1.29 is 31.1 Å². The number of amides is 1. The molecule has 1 aliphatic heterocycles. The summed E-state index contributed by atoms with van der Waals surface area (Å²) in [6, 6.07) is -0.535. The van der Waals surface area contributed by atoms with E-state index in [0.717, 1.165) is 4.57 Å². The first-order valence-corrected chi connectivity index (χ1v) is 8.65. The van der Waals surface area contributed by atoms with E-state index in [2.05, 4.69) is 10.2 Å². The highest BCUT2D eigenvalue weighted by Gasteiger charge is 2.41. The summed E-state index contributed by atoms with van der Waals surface area (Å²) in [7, 11) is 0. The molecule has 2 heterocycles. The molecule has 2 unspecified atom stereocenters. The first kappa shape index (κ1) is 21.1. The van der Waals surface area contributed by atoms with Gasteiger partial charge in [-0.1, -0.05) is 0 Å². The van der Waals surface area contributed by atoms with Gasteiger partial charge in [0.15, 0.2) is 17.5 Å². The van der Waals surface area contributed by atoms with Gasteiger partial charge in [-0.2, -0.15) is 13.2 Å². The van der Waals surface area contributed by atoms with Crippen LogP contribution in [0.2, 0.25) is 0 Å². The lowest BCUT2D eigenvalue weighted by Gasteiger charge is -2.33. The van der Waals surface area contributed by atoms with Crippen LogP contribution in [0, 0.1) is 17.5 Å². The molecule has 12 heteroatoms. The monoisotopic (exact) mass is 421 g/mol. The molecule has 0 saturated heterocycles. The van der Waals surface area contributed by atoms with Crippen molar-refractivity contribution in [3.05, 3.63) is 46.8 Å². The highest BCUT2D eigenvalue weighted by molar-refractivity contribution is 5.77. The number of aromatic nitrogens is 3. The zero-order chi connectivity index (χ0) is 21.5. The summed E-state index contributed by atoms with van der Waals surface area (Å²) < 4.78 is 80.0. The third-order valence-electron chi connectivity index (χ3n) is 4.64. The number of alkyl halides is 3. The van der Waals surface area contributed by atoms with Crippen LogP contribution in [0.25, 0.3) is 0 Å². The number of nitrogens with zero attached hydrogens (tertiary/aromatic N) is 4. The third kappa shape index (κ3) is 4.36. The highest BCUT2D eigenvalue weighted by atomic mass is 19.4. The predicted octanol–water partition coefficient (Wildman–Crippen LogP) is 2.58. The number of hydrogen-bond donors (Lipinski definition) is 1. The second kappa shape index (κ2) is 7.65. The Morgan fingerprint density at radius 3 is 2.52 bits per heavy atom. The van der Waals surface area contributed by atoms with E-state index in [1.807, 2.05) is 0 Å². The molecule has 2 N–H and O–H groups in total. The molecule has 1 aromatic heterocycles. The Bertz CT molecular complexity index is 928. The Labute approximate surface area is 161 Å². The molecule has 6 nitrogen and oxygen atoms in total. The molecule has 0 radical (unpaired) electrons. The smallest absolute Gasteiger partial charge is 0.333 e. The number of rotatable bonds is 4. The lowest BCUT2D eigenvalue weighted by Crippen LogP contribution is -2.43. The summed E-state index contributed by atoms with van der Waals surface area (Å²) in [5, 5.41) is 6.70. The summed E-state index contributed by atoms with van der Waals surface area (Å²) >= 11 is 0. The molecule has 0 spiro atoms. The maximum atomic E-state index is 13.7. The van der Waals surface area contributed by atoms with Crippen LogP contribution < -0.4 is 5.73 Å². The maximum Gasteiger partial charge on any atom is 0.451 e. The van der Waals surface area contributed by atoms with Gasteiger partial charge < -0.3 is 15.2 Å². The van der Waals surface area contributed by atoms with Crippen molar-refractivity contribution in [2.75, 3.05) is 6.54 Å². The summed E-state index contributed by atoms with van der Waals surface area (Å²) in [5.74, 6) is -5.16. The standard InChI is InChI=1S/C17H17F6N5O/c1-8-6-27(7-14-25-26-16(28(8)14)17(21,22)23)15(29)4-10(24)2-9-3-12(19)13(20)5-11(9)18/h3,5,8,10H,2,4,6-7,24H2,1H3. The molecule has 2 aromatic rings. The molecular weight excluding hydrogens is 404 g/mol.